The number of amides is 1. The molecule has 0 saturated heterocycles. The van der Waals surface area contributed by atoms with E-state index in [1.165, 1.54) is 0 Å². The zero-order valence-corrected chi connectivity index (χ0v) is 11.1. The van der Waals surface area contributed by atoms with Crippen molar-refractivity contribution in [2.75, 3.05) is 33.1 Å². The smallest absolute Gasteiger partial charge is 0.260 e. The first-order valence-electron chi connectivity index (χ1n) is 5.78. The Labute approximate surface area is 107 Å². The number of para-hydroxylation sites is 2. The Hall–Kier alpha value is -1.75. The number of benzene rings is 1. The van der Waals surface area contributed by atoms with Crippen LogP contribution in [0.1, 0.15) is 6.92 Å². The van der Waals surface area contributed by atoms with Crippen molar-refractivity contribution in [1.82, 2.24) is 4.90 Å². The molecule has 1 unspecified atom stereocenters. The lowest BCUT2D eigenvalue weighted by Gasteiger charge is -2.24. The van der Waals surface area contributed by atoms with E-state index in [1.807, 2.05) is 19.1 Å². The molecule has 0 fully saturated rings. The van der Waals surface area contributed by atoms with Gasteiger partial charge in [0.1, 0.15) is 5.75 Å². The molecule has 0 heterocycles. The fraction of sp³-hybridized carbons (Fsp3) is 0.462. The number of methoxy groups -OCH3 is 1. The van der Waals surface area contributed by atoms with Gasteiger partial charge in [0.05, 0.1) is 18.3 Å². The van der Waals surface area contributed by atoms with E-state index >= 15 is 0 Å². The minimum absolute atomic E-state index is 0.0132. The summed E-state index contributed by atoms with van der Waals surface area (Å²) < 4.78 is 10.4. The van der Waals surface area contributed by atoms with Crippen LogP contribution in [0.5, 0.6) is 5.75 Å². The van der Waals surface area contributed by atoms with E-state index in [0.717, 1.165) is 0 Å². The van der Waals surface area contributed by atoms with Crippen LogP contribution < -0.4 is 10.5 Å². The van der Waals surface area contributed by atoms with E-state index in [4.69, 9.17) is 15.2 Å². The summed E-state index contributed by atoms with van der Waals surface area (Å²) in [6, 6.07) is 7.11. The molecule has 0 aromatic heterocycles. The normalized spacial score (nSPS) is 11.9. The highest BCUT2D eigenvalue weighted by Gasteiger charge is 2.16. The van der Waals surface area contributed by atoms with Crippen LogP contribution in [0, 0.1) is 0 Å². The maximum absolute atomic E-state index is 11.8. The predicted molar refractivity (Wildman–Crippen MR) is 70.5 cm³/mol. The van der Waals surface area contributed by atoms with Crippen LogP contribution in [-0.4, -0.2) is 44.2 Å². The van der Waals surface area contributed by atoms with Crippen molar-refractivity contribution in [3.8, 4) is 5.75 Å². The second kappa shape index (κ2) is 6.86. The molecule has 5 heteroatoms. The van der Waals surface area contributed by atoms with Crippen molar-refractivity contribution in [2.45, 2.75) is 13.0 Å². The average Bonchev–Trinajstić information content (AvgIpc) is 2.36. The zero-order chi connectivity index (χ0) is 13.5. The molecule has 0 spiro atoms. The second-order valence-electron chi connectivity index (χ2n) is 4.14. The van der Waals surface area contributed by atoms with Crippen LogP contribution >= 0.6 is 0 Å². The van der Waals surface area contributed by atoms with Gasteiger partial charge in [-0.05, 0) is 19.1 Å². The van der Waals surface area contributed by atoms with Crippen molar-refractivity contribution >= 4 is 11.6 Å². The van der Waals surface area contributed by atoms with E-state index in [-0.39, 0.29) is 18.6 Å². The second-order valence-corrected chi connectivity index (χ2v) is 4.14. The molecular formula is C13H20N2O3. The quantitative estimate of drug-likeness (QED) is 0.771. The molecule has 1 atom stereocenters. The number of anilines is 1. The predicted octanol–water partition coefficient (Wildman–Crippen LogP) is 1.14. The van der Waals surface area contributed by atoms with Gasteiger partial charge in [-0.3, -0.25) is 4.79 Å². The first-order valence-corrected chi connectivity index (χ1v) is 5.78. The van der Waals surface area contributed by atoms with Crippen molar-refractivity contribution < 1.29 is 14.3 Å². The summed E-state index contributed by atoms with van der Waals surface area (Å²) in [5.74, 6) is 0.418. The van der Waals surface area contributed by atoms with Gasteiger partial charge in [0.25, 0.3) is 5.91 Å². The molecule has 0 aliphatic carbocycles. The SMILES string of the molecule is COCC(C)N(C)C(=O)COc1ccccc1N. The third-order valence-corrected chi connectivity index (χ3v) is 2.73. The van der Waals surface area contributed by atoms with Crippen molar-refractivity contribution in [1.29, 1.82) is 0 Å². The maximum atomic E-state index is 11.8. The highest BCUT2D eigenvalue weighted by Crippen LogP contribution is 2.19. The molecule has 1 aromatic rings. The number of likely N-dealkylation sites (N-methyl/N-ethyl adjacent to an activating group) is 1. The molecule has 18 heavy (non-hydrogen) atoms. The molecule has 1 rings (SSSR count). The summed E-state index contributed by atoms with van der Waals surface area (Å²) in [4.78, 5) is 13.4. The third kappa shape index (κ3) is 3.92. The van der Waals surface area contributed by atoms with Gasteiger partial charge in [0.15, 0.2) is 6.61 Å². The van der Waals surface area contributed by atoms with E-state index < -0.39 is 0 Å². The summed E-state index contributed by atoms with van der Waals surface area (Å²) >= 11 is 0. The molecule has 0 radical (unpaired) electrons. The van der Waals surface area contributed by atoms with Gasteiger partial charge < -0.3 is 20.1 Å². The van der Waals surface area contributed by atoms with E-state index in [1.54, 1.807) is 31.2 Å². The summed E-state index contributed by atoms with van der Waals surface area (Å²) in [7, 11) is 3.33. The Kier molecular flexibility index (Phi) is 5.45. The Balaban J connectivity index is 2.48. The van der Waals surface area contributed by atoms with Gasteiger partial charge >= 0.3 is 0 Å². The largest absolute Gasteiger partial charge is 0.482 e. The fourth-order valence-electron chi connectivity index (χ4n) is 1.45. The Morgan fingerprint density at radius 3 is 2.72 bits per heavy atom. The molecular weight excluding hydrogens is 232 g/mol. The van der Waals surface area contributed by atoms with Gasteiger partial charge in [-0.1, -0.05) is 12.1 Å². The first kappa shape index (κ1) is 14.3. The fourth-order valence-corrected chi connectivity index (χ4v) is 1.45. The van der Waals surface area contributed by atoms with Crippen LogP contribution in [0.3, 0.4) is 0 Å². The van der Waals surface area contributed by atoms with Gasteiger partial charge in [0, 0.05) is 14.2 Å². The number of nitrogens with two attached hydrogens (primary N) is 1. The summed E-state index contributed by atoms with van der Waals surface area (Å²) in [6.45, 7) is 2.38. The summed E-state index contributed by atoms with van der Waals surface area (Å²) in [5, 5.41) is 0. The molecule has 0 saturated carbocycles. The van der Waals surface area contributed by atoms with Crippen LogP contribution in [0.25, 0.3) is 0 Å². The van der Waals surface area contributed by atoms with E-state index in [2.05, 4.69) is 0 Å². The van der Waals surface area contributed by atoms with Gasteiger partial charge in [-0.25, -0.2) is 0 Å². The molecule has 0 aliphatic rings. The highest BCUT2D eigenvalue weighted by atomic mass is 16.5. The lowest BCUT2D eigenvalue weighted by atomic mass is 10.3. The van der Waals surface area contributed by atoms with Crippen molar-refractivity contribution in [3.05, 3.63) is 24.3 Å². The van der Waals surface area contributed by atoms with Gasteiger partial charge in [0.2, 0.25) is 0 Å². The molecule has 1 aromatic carbocycles. The lowest BCUT2D eigenvalue weighted by molar-refractivity contribution is -0.134. The van der Waals surface area contributed by atoms with E-state index in [0.29, 0.717) is 18.0 Å². The maximum Gasteiger partial charge on any atom is 0.260 e. The Bertz CT molecular complexity index is 396. The van der Waals surface area contributed by atoms with Crippen LogP contribution in [0.4, 0.5) is 5.69 Å². The van der Waals surface area contributed by atoms with E-state index in [9.17, 15) is 4.79 Å². The number of rotatable bonds is 6. The Morgan fingerprint density at radius 2 is 2.11 bits per heavy atom. The van der Waals surface area contributed by atoms with Crippen LogP contribution in [0.2, 0.25) is 0 Å². The van der Waals surface area contributed by atoms with Gasteiger partial charge in [-0.2, -0.15) is 0 Å². The average molecular weight is 252 g/mol. The minimum Gasteiger partial charge on any atom is -0.482 e. The number of carbonyl (C=O) groups is 1. The first-order chi connectivity index (χ1) is 8.56. The van der Waals surface area contributed by atoms with Crippen LogP contribution in [0.15, 0.2) is 24.3 Å². The van der Waals surface area contributed by atoms with Crippen molar-refractivity contribution in [2.24, 2.45) is 0 Å². The lowest BCUT2D eigenvalue weighted by Crippen LogP contribution is -2.40. The molecule has 1 amide bonds. The van der Waals surface area contributed by atoms with Gasteiger partial charge in [-0.15, -0.1) is 0 Å². The number of nitrogen functional groups attached to an aromatic ring is 1. The molecule has 5 nitrogen and oxygen atoms in total. The highest BCUT2D eigenvalue weighted by molar-refractivity contribution is 5.78. The topological polar surface area (TPSA) is 64.8 Å². The molecule has 2 N–H and O–H groups in total. The zero-order valence-electron chi connectivity index (χ0n) is 11.1. The molecule has 0 bridgehead atoms. The molecule has 0 aliphatic heterocycles. The standard InChI is InChI=1S/C13H20N2O3/c1-10(8-17-3)15(2)13(16)9-18-12-7-5-4-6-11(12)14/h4-7,10H,8-9,14H2,1-3H3. The summed E-state index contributed by atoms with van der Waals surface area (Å²) in [6.07, 6.45) is 0. The van der Waals surface area contributed by atoms with Crippen molar-refractivity contribution in [3.63, 3.8) is 0 Å². The number of hydrogen-bond acceptors (Lipinski definition) is 4. The monoisotopic (exact) mass is 252 g/mol. The number of nitrogens with zero attached hydrogens (tertiary/aromatic N) is 1. The number of carbonyl (C=O) groups excluding carboxylic acids is 1. The summed E-state index contributed by atoms with van der Waals surface area (Å²) in [5.41, 5.74) is 6.25. The Morgan fingerprint density at radius 1 is 1.44 bits per heavy atom. The van der Waals surface area contributed by atoms with Crippen LogP contribution in [-0.2, 0) is 9.53 Å². The molecule has 100 valence electrons. The third-order valence-electron chi connectivity index (χ3n) is 2.73. The number of ether oxygens (including phenoxy) is 2. The minimum atomic E-state index is -0.109. The number of hydrogen-bond donors (Lipinski definition) is 1.